The summed E-state index contributed by atoms with van der Waals surface area (Å²) >= 11 is 0. The largest absolute Gasteiger partial charge is 0.488 e. The van der Waals surface area contributed by atoms with Crippen molar-refractivity contribution in [3.63, 3.8) is 0 Å². The second kappa shape index (κ2) is 5.53. The van der Waals surface area contributed by atoms with Crippen molar-refractivity contribution in [2.45, 2.75) is 45.1 Å². The van der Waals surface area contributed by atoms with Crippen LogP contribution in [0.4, 0.5) is 4.39 Å². The molecule has 0 saturated heterocycles. The number of hydrogen-bond donors (Lipinski definition) is 1. The highest BCUT2D eigenvalue weighted by molar-refractivity contribution is 7.89. The quantitative estimate of drug-likeness (QED) is 0.921. The van der Waals surface area contributed by atoms with E-state index in [9.17, 15) is 17.6 Å². The minimum Gasteiger partial charge on any atom is -0.488 e. The highest BCUT2D eigenvalue weighted by atomic mass is 32.2. The topological polar surface area (TPSA) is 72.5 Å². The molecule has 1 amide bonds. The lowest BCUT2D eigenvalue weighted by atomic mass is 10.0. The Morgan fingerprint density at radius 3 is 2.36 bits per heavy atom. The average Bonchev–Trinajstić information content (AvgIpc) is 3.08. The zero-order valence-electron chi connectivity index (χ0n) is 13.1. The minimum absolute atomic E-state index is 0.225. The first-order valence-electron chi connectivity index (χ1n) is 7.01. The van der Waals surface area contributed by atoms with Crippen molar-refractivity contribution in [1.29, 1.82) is 0 Å². The standard InChI is InChI=1S/C15H20FNO4S/c1-15(2,3)21-13-8-12(16)11(7-10(13)9-5-6-9)14(18)17-22(4,19)20/h7-9H,5-6H2,1-4H3,(H,17,18). The molecule has 22 heavy (non-hydrogen) atoms. The Labute approximate surface area is 129 Å². The molecule has 1 aliphatic rings. The van der Waals surface area contributed by atoms with Crippen LogP contribution in [0.25, 0.3) is 0 Å². The number of carbonyl (C=O) groups excluding carboxylic acids is 1. The number of benzene rings is 1. The molecule has 0 aliphatic heterocycles. The zero-order chi connectivity index (χ0) is 16.7. The lowest BCUT2D eigenvalue weighted by Crippen LogP contribution is -2.30. The van der Waals surface area contributed by atoms with Gasteiger partial charge in [0, 0.05) is 6.07 Å². The molecule has 1 aromatic rings. The highest BCUT2D eigenvalue weighted by Gasteiger charge is 2.31. The lowest BCUT2D eigenvalue weighted by Gasteiger charge is -2.24. The van der Waals surface area contributed by atoms with Crippen molar-refractivity contribution in [3.8, 4) is 5.75 Å². The monoisotopic (exact) mass is 329 g/mol. The van der Waals surface area contributed by atoms with Gasteiger partial charge in [-0.3, -0.25) is 4.79 Å². The van der Waals surface area contributed by atoms with Crippen molar-refractivity contribution in [2.24, 2.45) is 0 Å². The number of sulfonamides is 1. The number of carbonyl (C=O) groups is 1. The van der Waals surface area contributed by atoms with Gasteiger partial charge in [-0.15, -0.1) is 0 Å². The fraction of sp³-hybridized carbons (Fsp3) is 0.533. The Bertz CT molecular complexity index is 703. The normalized spacial score (nSPS) is 15.5. The molecule has 0 atom stereocenters. The van der Waals surface area contributed by atoms with E-state index in [1.807, 2.05) is 20.8 Å². The molecule has 0 bridgehead atoms. The predicted octanol–water partition coefficient (Wildman–Crippen LogP) is 2.57. The van der Waals surface area contributed by atoms with Gasteiger partial charge in [-0.2, -0.15) is 0 Å². The maximum atomic E-state index is 14.2. The van der Waals surface area contributed by atoms with Crippen LogP contribution >= 0.6 is 0 Å². The van der Waals surface area contributed by atoms with Crippen LogP contribution in [0.15, 0.2) is 12.1 Å². The van der Waals surface area contributed by atoms with Gasteiger partial charge in [0.05, 0.1) is 11.8 Å². The second-order valence-corrected chi connectivity index (χ2v) is 8.31. The molecule has 0 heterocycles. The van der Waals surface area contributed by atoms with E-state index in [0.29, 0.717) is 5.75 Å². The van der Waals surface area contributed by atoms with Gasteiger partial charge in [0.2, 0.25) is 10.0 Å². The molecule has 1 aromatic carbocycles. The van der Waals surface area contributed by atoms with Gasteiger partial charge in [-0.05, 0) is 51.2 Å². The lowest BCUT2D eigenvalue weighted by molar-refractivity contribution is 0.0977. The summed E-state index contributed by atoms with van der Waals surface area (Å²) in [7, 11) is -3.74. The molecule has 1 fully saturated rings. The molecule has 2 rings (SSSR count). The van der Waals surface area contributed by atoms with E-state index in [1.165, 1.54) is 6.07 Å². The van der Waals surface area contributed by atoms with E-state index in [2.05, 4.69) is 0 Å². The summed E-state index contributed by atoms with van der Waals surface area (Å²) in [6.07, 6.45) is 2.74. The number of amides is 1. The van der Waals surface area contributed by atoms with Gasteiger partial charge < -0.3 is 4.74 Å². The van der Waals surface area contributed by atoms with Crippen LogP contribution in [0.3, 0.4) is 0 Å². The Balaban J connectivity index is 2.41. The predicted molar refractivity (Wildman–Crippen MR) is 81.1 cm³/mol. The van der Waals surface area contributed by atoms with Gasteiger partial charge in [-0.1, -0.05) is 0 Å². The number of halogens is 1. The fourth-order valence-electron chi connectivity index (χ4n) is 2.10. The molecule has 1 N–H and O–H groups in total. The van der Waals surface area contributed by atoms with Gasteiger partial charge >= 0.3 is 0 Å². The summed E-state index contributed by atoms with van der Waals surface area (Å²) in [6.45, 7) is 5.56. The molecular weight excluding hydrogens is 309 g/mol. The molecule has 122 valence electrons. The van der Waals surface area contributed by atoms with Gasteiger partial charge in [0.1, 0.15) is 17.2 Å². The smallest absolute Gasteiger partial charge is 0.267 e. The number of rotatable bonds is 4. The maximum Gasteiger partial charge on any atom is 0.267 e. The Hall–Kier alpha value is -1.63. The summed E-state index contributed by atoms with van der Waals surface area (Å²) in [5.41, 5.74) is -0.0318. The average molecular weight is 329 g/mol. The van der Waals surface area contributed by atoms with Crippen LogP contribution in [-0.4, -0.2) is 26.2 Å². The molecular formula is C15H20FNO4S. The van der Waals surface area contributed by atoms with Crippen molar-refractivity contribution < 1.29 is 22.3 Å². The van der Waals surface area contributed by atoms with Crippen molar-refractivity contribution in [1.82, 2.24) is 4.72 Å². The number of nitrogens with one attached hydrogen (secondary N) is 1. The molecule has 0 unspecified atom stereocenters. The summed E-state index contributed by atoms with van der Waals surface area (Å²) in [6, 6.07) is 2.56. The van der Waals surface area contributed by atoms with Crippen LogP contribution in [0.1, 0.15) is 55.5 Å². The third kappa shape index (κ3) is 4.43. The highest BCUT2D eigenvalue weighted by Crippen LogP contribution is 2.45. The Morgan fingerprint density at radius 1 is 1.32 bits per heavy atom. The van der Waals surface area contributed by atoms with Crippen molar-refractivity contribution in [3.05, 3.63) is 29.1 Å². The van der Waals surface area contributed by atoms with E-state index in [4.69, 9.17) is 4.74 Å². The van der Waals surface area contributed by atoms with Crippen molar-refractivity contribution in [2.75, 3.05) is 6.26 Å². The second-order valence-electron chi connectivity index (χ2n) is 6.56. The van der Waals surface area contributed by atoms with Gasteiger partial charge in [-0.25, -0.2) is 17.5 Å². The van der Waals surface area contributed by atoms with E-state index in [-0.39, 0.29) is 11.5 Å². The summed E-state index contributed by atoms with van der Waals surface area (Å²) < 4.78 is 44.0. The third-order valence-electron chi connectivity index (χ3n) is 3.06. The van der Waals surface area contributed by atoms with Gasteiger partial charge in [0.15, 0.2) is 0 Å². The van der Waals surface area contributed by atoms with E-state index in [1.54, 1.807) is 4.72 Å². The number of hydrogen-bond acceptors (Lipinski definition) is 4. The summed E-state index contributed by atoms with van der Waals surface area (Å²) in [4.78, 5) is 11.9. The Kier molecular flexibility index (Phi) is 4.21. The zero-order valence-corrected chi connectivity index (χ0v) is 13.9. The minimum atomic E-state index is -3.74. The van der Waals surface area contributed by atoms with E-state index >= 15 is 0 Å². The van der Waals surface area contributed by atoms with E-state index in [0.717, 1.165) is 30.7 Å². The molecule has 0 spiro atoms. The fourth-order valence-corrected chi connectivity index (χ4v) is 2.55. The van der Waals surface area contributed by atoms with Gasteiger partial charge in [0.25, 0.3) is 5.91 Å². The first kappa shape index (κ1) is 16.7. The molecule has 1 aliphatic carbocycles. The molecule has 5 nitrogen and oxygen atoms in total. The molecule has 7 heteroatoms. The number of ether oxygens (including phenoxy) is 1. The van der Waals surface area contributed by atoms with Crippen molar-refractivity contribution >= 4 is 15.9 Å². The SMILES string of the molecule is CC(C)(C)Oc1cc(F)c(C(=O)NS(C)(=O)=O)cc1C1CC1. The first-order valence-corrected chi connectivity index (χ1v) is 8.90. The van der Waals surface area contributed by atoms with Crippen LogP contribution in [0, 0.1) is 5.82 Å². The van der Waals surface area contributed by atoms with E-state index < -0.39 is 27.3 Å². The third-order valence-corrected chi connectivity index (χ3v) is 3.61. The first-order chi connectivity index (χ1) is 9.96. The summed E-state index contributed by atoms with van der Waals surface area (Å²) in [5.74, 6) is -1.14. The Morgan fingerprint density at radius 2 is 1.91 bits per heavy atom. The summed E-state index contributed by atoms with van der Waals surface area (Å²) in [5, 5.41) is 0. The maximum absolute atomic E-state index is 14.2. The van der Waals surface area contributed by atoms with Crippen LogP contribution in [0.2, 0.25) is 0 Å². The molecule has 0 aromatic heterocycles. The van der Waals surface area contributed by atoms with Crippen LogP contribution < -0.4 is 9.46 Å². The van der Waals surface area contributed by atoms with Crippen LogP contribution in [0.5, 0.6) is 5.75 Å². The molecule has 1 saturated carbocycles. The van der Waals surface area contributed by atoms with Crippen LogP contribution in [-0.2, 0) is 10.0 Å². The molecule has 0 radical (unpaired) electrons.